The fourth-order valence-corrected chi connectivity index (χ4v) is 1.06. The first-order valence-corrected chi connectivity index (χ1v) is 4.48. The van der Waals surface area contributed by atoms with Crippen LogP contribution in [0.3, 0.4) is 0 Å². The number of nitro benzene ring substituents is 1. The molecular weight excluding hydrogens is 226 g/mol. The maximum atomic E-state index is 10.5. The molecule has 0 aliphatic heterocycles. The highest BCUT2D eigenvalue weighted by Crippen LogP contribution is 2.12. The van der Waals surface area contributed by atoms with Crippen LogP contribution in [-0.2, 0) is 0 Å². The van der Waals surface area contributed by atoms with Crippen molar-refractivity contribution in [2.75, 3.05) is 0 Å². The molecule has 9 heteroatoms. The fourth-order valence-electron chi connectivity index (χ4n) is 1.06. The van der Waals surface area contributed by atoms with Gasteiger partial charge in [0.25, 0.3) is 5.69 Å². The van der Waals surface area contributed by atoms with Crippen molar-refractivity contribution in [1.29, 1.82) is 0 Å². The van der Waals surface area contributed by atoms with Crippen molar-refractivity contribution in [3.05, 3.63) is 45.4 Å². The predicted octanol–water partition coefficient (Wildman–Crippen LogP) is 1.15. The van der Waals surface area contributed by atoms with Crippen LogP contribution in [0, 0.1) is 10.1 Å². The predicted molar refractivity (Wildman–Crippen MR) is 57.9 cm³/mol. The molecule has 17 heavy (non-hydrogen) atoms. The Morgan fingerprint density at radius 2 is 2.41 bits per heavy atom. The molecule has 0 saturated carbocycles. The molecule has 0 radical (unpaired) electrons. The van der Waals surface area contributed by atoms with Crippen molar-refractivity contribution < 1.29 is 4.92 Å². The lowest BCUT2D eigenvalue weighted by atomic mass is 10.2. The van der Waals surface area contributed by atoms with E-state index in [1.807, 2.05) is 0 Å². The van der Waals surface area contributed by atoms with E-state index in [4.69, 9.17) is 0 Å². The summed E-state index contributed by atoms with van der Waals surface area (Å²) in [4.78, 5) is 10.0. The first kappa shape index (κ1) is 10.7. The minimum Gasteiger partial charge on any atom is -0.277 e. The number of nitrogens with zero attached hydrogens (tertiary/aromatic N) is 6. The van der Waals surface area contributed by atoms with Gasteiger partial charge < -0.3 is 0 Å². The van der Waals surface area contributed by atoms with Crippen LogP contribution in [0.2, 0.25) is 0 Å². The van der Waals surface area contributed by atoms with Gasteiger partial charge in [0.2, 0.25) is 0 Å². The number of nitro groups is 1. The maximum absolute atomic E-state index is 10.5. The molecule has 0 aliphatic rings. The van der Waals surface area contributed by atoms with Crippen LogP contribution in [0.15, 0.2) is 29.4 Å². The summed E-state index contributed by atoms with van der Waals surface area (Å²) in [6.45, 7) is 0. The van der Waals surface area contributed by atoms with Crippen molar-refractivity contribution in [1.82, 2.24) is 20.6 Å². The van der Waals surface area contributed by atoms with Gasteiger partial charge in [-0.05, 0) is 0 Å². The van der Waals surface area contributed by atoms with Gasteiger partial charge in [0, 0.05) is 23.9 Å². The lowest BCUT2D eigenvalue weighted by Crippen LogP contribution is -1.89. The summed E-state index contributed by atoms with van der Waals surface area (Å²) in [5.41, 5.74) is 4.18. The third-order valence-corrected chi connectivity index (χ3v) is 1.77. The lowest BCUT2D eigenvalue weighted by molar-refractivity contribution is -0.384. The Morgan fingerprint density at radius 1 is 1.53 bits per heavy atom. The van der Waals surface area contributed by atoms with E-state index in [1.165, 1.54) is 18.3 Å². The molecule has 1 aromatic carbocycles. The number of nitrogens with one attached hydrogen (secondary N) is 1. The van der Waals surface area contributed by atoms with Crippen molar-refractivity contribution in [2.24, 2.45) is 5.10 Å². The summed E-state index contributed by atoms with van der Waals surface area (Å²) in [6.07, 6.45) is 1.36. The lowest BCUT2D eigenvalue weighted by Gasteiger charge is -1.98. The first-order valence-electron chi connectivity index (χ1n) is 4.48. The summed E-state index contributed by atoms with van der Waals surface area (Å²) in [6, 6.07) is 6.01. The normalized spacial score (nSPS) is 10.6. The second kappa shape index (κ2) is 4.79. The minimum absolute atomic E-state index is 0.00601. The SMILES string of the molecule is O=[N+]([O-])c1cccc(/C=N\[N-]c2nn[nH]n2)c1. The monoisotopic (exact) mass is 232 g/mol. The second-order valence-corrected chi connectivity index (χ2v) is 2.91. The average Bonchev–Trinajstić information content (AvgIpc) is 2.82. The first-order chi connectivity index (χ1) is 8.25. The summed E-state index contributed by atoms with van der Waals surface area (Å²) < 4.78 is 0. The van der Waals surface area contributed by atoms with E-state index in [-0.39, 0.29) is 11.6 Å². The Hall–Kier alpha value is -2.84. The van der Waals surface area contributed by atoms with Crippen LogP contribution in [-0.4, -0.2) is 31.8 Å². The highest BCUT2D eigenvalue weighted by atomic mass is 16.6. The number of hydrogen-bond donors (Lipinski definition) is 1. The van der Waals surface area contributed by atoms with Crippen LogP contribution in [0.4, 0.5) is 11.6 Å². The molecule has 0 spiro atoms. The van der Waals surface area contributed by atoms with Gasteiger partial charge in [-0.3, -0.25) is 31.0 Å². The number of hydrogen-bond acceptors (Lipinski definition) is 6. The van der Waals surface area contributed by atoms with Crippen LogP contribution in [0.1, 0.15) is 5.56 Å². The number of aromatic amines is 1. The molecule has 0 unspecified atom stereocenters. The molecule has 1 heterocycles. The molecule has 1 N–H and O–H groups in total. The van der Waals surface area contributed by atoms with Gasteiger partial charge in [-0.2, -0.15) is 0 Å². The van der Waals surface area contributed by atoms with Gasteiger partial charge in [-0.15, -0.1) is 5.21 Å². The molecule has 0 aliphatic carbocycles. The zero-order chi connectivity index (χ0) is 12.1. The maximum Gasteiger partial charge on any atom is 0.270 e. The Balaban J connectivity index is 2.05. The van der Waals surface area contributed by atoms with Gasteiger partial charge in [0.05, 0.1) is 10.9 Å². The number of non-ortho nitro benzene ring substituents is 1. The van der Waals surface area contributed by atoms with E-state index in [0.717, 1.165) is 0 Å². The van der Waals surface area contributed by atoms with Gasteiger partial charge >= 0.3 is 0 Å². The molecular formula is C8H6N7O2-. The van der Waals surface area contributed by atoms with Crippen LogP contribution in [0.5, 0.6) is 0 Å². The van der Waals surface area contributed by atoms with E-state index in [0.29, 0.717) is 5.56 Å². The van der Waals surface area contributed by atoms with Crippen molar-refractivity contribution >= 4 is 17.9 Å². The molecule has 1 aromatic heterocycles. The molecule has 0 amide bonds. The number of tetrazole rings is 1. The Kier molecular flexibility index (Phi) is 3.01. The van der Waals surface area contributed by atoms with Crippen molar-refractivity contribution in [2.45, 2.75) is 0 Å². The minimum atomic E-state index is -0.479. The van der Waals surface area contributed by atoms with E-state index in [1.54, 1.807) is 12.1 Å². The zero-order valence-electron chi connectivity index (χ0n) is 8.39. The number of benzene rings is 1. The third-order valence-electron chi connectivity index (χ3n) is 1.77. The molecule has 2 rings (SSSR count). The Labute approximate surface area is 94.7 Å². The van der Waals surface area contributed by atoms with Crippen LogP contribution in [0.25, 0.3) is 5.43 Å². The molecule has 0 atom stereocenters. The molecule has 2 aromatic rings. The molecule has 0 bridgehead atoms. The number of aromatic nitrogens is 4. The standard InChI is InChI=1S/C8H6N7O2/c16-15(17)7-3-1-2-6(4-7)5-9-10-8-11-13-14-12-8/h1-5H,(H-,10,11,12,13,14)/q-1/b9-5-. The van der Waals surface area contributed by atoms with Gasteiger partial charge in [-0.1, -0.05) is 12.1 Å². The van der Waals surface area contributed by atoms with Gasteiger partial charge in [0.1, 0.15) is 0 Å². The highest BCUT2D eigenvalue weighted by Gasteiger charge is 2.03. The van der Waals surface area contributed by atoms with Crippen molar-refractivity contribution in [3.63, 3.8) is 0 Å². The molecule has 0 saturated heterocycles. The Morgan fingerprint density at radius 3 is 3.12 bits per heavy atom. The van der Waals surface area contributed by atoms with Gasteiger partial charge in [0.15, 0.2) is 0 Å². The summed E-state index contributed by atoms with van der Waals surface area (Å²) in [5, 5.41) is 26.8. The summed E-state index contributed by atoms with van der Waals surface area (Å²) >= 11 is 0. The van der Waals surface area contributed by atoms with E-state index in [9.17, 15) is 10.1 Å². The van der Waals surface area contributed by atoms with Crippen molar-refractivity contribution in [3.8, 4) is 0 Å². The topological polar surface area (TPSA) is 124 Å². The fraction of sp³-hybridized carbons (Fsp3) is 0. The summed E-state index contributed by atoms with van der Waals surface area (Å²) in [7, 11) is 0. The third kappa shape index (κ3) is 2.81. The second-order valence-electron chi connectivity index (χ2n) is 2.91. The quantitative estimate of drug-likeness (QED) is 0.480. The largest absolute Gasteiger partial charge is 0.277 e. The highest BCUT2D eigenvalue weighted by molar-refractivity contribution is 5.81. The number of H-pyrrole nitrogens is 1. The molecule has 9 nitrogen and oxygen atoms in total. The smallest absolute Gasteiger partial charge is 0.270 e. The van der Waals surface area contributed by atoms with E-state index < -0.39 is 4.92 Å². The van der Waals surface area contributed by atoms with Gasteiger partial charge in [-0.25, -0.2) is 5.10 Å². The summed E-state index contributed by atoms with van der Waals surface area (Å²) in [5.74, 6) is 0.0895. The van der Waals surface area contributed by atoms with Crippen LogP contribution >= 0.6 is 0 Å². The zero-order valence-corrected chi connectivity index (χ0v) is 8.39. The van der Waals surface area contributed by atoms with E-state index >= 15 is 0 Å². The number of rotatable bonds is 4. The Bertz CT molecular complexity index is 537. The average molecular weight is 232 g/mol. The van der Waals surface area contributed by atoms with E-state index in [2.05, 4.69) is 31.2 Å². The molecule has 86 valence electrons. The van der Waals surface area contributed by atoms with Crippen LogP contribution < -0.4 is 0 Å². The molecule has 0 fully saturated rings.